The zero-order valence-electron chi connectivity index (χ0n) is 10.5. The van der Waals surface area contributed by atoms with Crippen molar-refractivity contribution in [3.63, 3.8) is 0 Å². The summed E-state index contributed by atoms with van der Waals surface area (Å²) in [5, 5.41) is 6.07. The first-order chi connectivity index (χ1) is 8.22. The largest absolute Gasteiger partial charge is 0.466 e. The van der Waals surface area contributed by atoms with Gasteiger partial charge in [0.05, 0.1) is 6.61 Å². The van der Waals surface area contributed by atoms with Crippen molar-refractivity contribution >= 4 is 11.9 Å². The first-order valence-corrected chi connectivity index (χ1v) is 6.38. The van der Waals surface area contributed by atoms with Gasteiger partial charge in [-0.15, -0.1) is 0 Å². The van der Waals surface area contributed by atoms with E-state index in [4.69, 9.17) is 4.74 Å². The standard InChI is InChI=1S/C12H22N2O3/c1-2-17-12(16)4-3-8-13-9-7-11(15)14-10-5-6-10/h10,13H,2-9H2,1H3,(H,14,15). The van der Waals surface area contributed by atoms with E-state index in [9.17, 15) is 9.59 Å². The number of rotatable bonds is 9. The van der Waals surface area contributed by atoms with Crippen LogP contribution in [0.4, 0.5) is 0 Å². The van der Waals surface area contributed by atoms with Crippen molar-refractivity contribution in [3.8, 4) is 0 Å². The molecule has 1 saturated carbocycles. The van der Waals surface area contributed by atoms with E-state index in [0.29, 0.717) is 32.0 Å². The SMILES string of the molecule is CCOC(=O)CCCNCCC(=O)NC1CC1. The molecule has 1 fully saturated rings. The van der Waals surface area contributed by atoms with Gasteiger partial charge >= 0.3 is 5.97 Å². The van der Waals surface area contributed by atoms with Gasteiger partial charge in [-0.2, -0.15) is 0 Å². The second kappa shape index (κ2) is 8.06. The molecule has 1 aliphatic carbocycles. The highest BCUT2D eigenvalue weighted by atomic mass is 16.5. The van der Waals surface area contributed by atoms with Crippen LogP contribution in [0.15, 0.2) is 0 Å². The average Bonchev–Trinajstić information content (AvgIpc) is 3.07. The molecule has 0 aromatic carbocycles. The van der Waals surface area contributed by atoms with Crippen LogP contribution in [0.3, 0.4) is 0 Å². The maximum absolute atomic E-state index is 11.3. The Balaban J connectivity index is 1.83. The second-order valence-corrected chi connectivity index (χ2v) is 4.25. The molecule has 5 heteroatoms. The zero-order chi connectivity index (χ0) is 12.5. The quantitative estimate of drug-likeness (QED) is 0.458. The van der Waals surface area contributed by atoms with Gasteiger partial charge in [0.25, 0.3) is 0 Å². The lowest BCUT2D eigenvalue weighted by atomic mass is 10.3. The summed E-state index contributed by atoms with van der Waals surface area (Å²) in [6.07, 6.45) is 3.95. The molecule has 98 valence electrons. The molecular formula is C12H22N2O3. The monoisotopic (exact) mass is 242 g/mol. The van der Waals surface area contributed by atoms with E-state index in [-0.39, 0.29) is 11.9 Å². The molecule has 0 aromatic rings. The summed E-state index contributed by atoms with van der Waals surface area (Å²) in [6.45, 7) is 3.65. The summed E-state index contributed by atoms with van der Waals surface area (Å²) in [7, 11) is 0. The van der Waals surface area contributed by atoms with Crippen molar-refractivity contribution in [1.29, 1.82) is 0 Å². The Bertz CT molecular complexity index is 252. The lowest BCUT2D eigenvalue weighted by Crippen LogP contribution is -2.29. The lowest BCUT2D eigenvalue weighted by molar-refractivity contribution is -0.143. The first-order valence-electron chi connectivity index (χ1n) is 6.38. The minimum atomic E-state index is -0.152. The van der Waals surface area contributed by atoms with Crippen LogP contribution in [0.1, 0.15) is 39.0 Å². The Hall–Kier alpha value is -1.10. The van der Waals surface area contributed by atoms with Gasteiger partial charge in [-0.25, -0.2) is 0 Å². The molecule has 2 N–H and O–H groups in total. The Morgan fingerprint density at radius 3 is 2.65 bits per heavy atom. The molecule has 17 heavy (non-hydrogen) atoms. The summed E-state index contributed by atoms with van der Waals surface area (Å²) in [4.78, 5) is 22.3. The minimum absolute atomic E-state index is 0.116. The van der Waals surface area contributed by atoms with E-state index < -0.39 is 0 Å². The van der Waals surface area contributed by atoms with Gasteiger partial charge in [0.1, 0.15) is 0 Å². The summed E-state index contributed by atoms with van der Waals surface area (Å²) >= 11 is 0. The van der Waals surface area contributed by atoms with Crippen molar-refractivity contribution in [2.75, 3.05) is 19.7 Å². The van der Waals surface area contributed by atoms with Crippen LogP contribution in [0.25, 0.3) is 0 Å². The number of hydrogen-bond donors (Lipinski definition) is 2. The van der Waals surface area contributed by atoms with Crippen LogP contribution in [0.5, 0.6) is 0 Å². The Morgan fingerprint density at radius 1 is 1.24 bits per heavy atom. The van der Waals surface area contributed by atoms with Gasteiger partial charge in [-0.1, -0.05) is 0 Å². The molecule has 5 nitrogen and oxygen atoms in total. The summed E-state index contributed by atoms with van der Waals surface area (Å²) in [6, 6.07) is 0.436. The molecule has 0 radical (unpaired) electrons. The molecule has 0 spiro atoms. The van der Waals surface area contributed by atoms with Gasteiger partial charge < -0.3 is 15.4 Å². The van der Waals surface area contributed by atoms with E-state index in [2.05, 4.69) is 10.6 Å². The van der Waals surface area contributed by atoms with Crippen LogP contribution in [-0.4, -0.2) is 37.6 Å². The Labute approximate surface area is 102 Å². The third kappa shape index (κ3) is 7.74. The van der Waals surface area contributed by atoms with Crippen LogP contribution in [-0.2, 0) is 14.3 Å². The van der Waals surface area contributed by atoms with Crippen molar-refractivity contribution in [3.05, 3.63) is 0 Å². The second-order valence-electron chi connectivity index (χ2n) is 4.25. The highest BCUT2D eigenvalue weighted by Crippen LogP contribution is 2.18. The maximum Gasteiger partial charge on any atom is 0.305 e. The average molecular weight is 242 g/mol. The Morgan fingerprint density at radius 2 is 2.00 bits per heavy atom. The van der Waals surface area contributed by atoms with E-state index in [0.717, 1.165) is 25.8 Å². The number of amides is 1. The van der Waals surface area contributed by atoms with Gasteiger partial charge in [-0.3, -0.25) is 9.59 Å². The number of carbonyl (C=O) groups excluding carboxylic acids is 2. The van der Waals surface area contributed by atoms with Gasteiger partial charge in [0.15, 0.2) is 0 Å². The first kappa shape index (κ1) is 14.0. The maximum atomic E-state index is 11.3. The predicted molar refractivity (Wildman–Crippen MR) is 64.5 cm³/mol. The topological polar surface area (TPSA) is 67.4 Å². The van der Waals surface area contributed by atoms with Gasteiger partial charge in [-0.05, 0) is 32.7 Å². The predicted octanol–water partition coefficient (Wildman–Crippen LogP) is 0.588. The molecule has 0 bridgehead atoms. The third-order valence-electron chi connectivity index (χ3n) is 2.51. The molecule has 0 saturated heterocycles. The fourth-order valence-electron chi connectivity index (χ4n) is 1.45. The molecule has 0 atom stereocenters. The molecule has 1 aliphatic rings. The fraction of sp³-hybridized carbons (Fsp3) is 0.833. The number of nitrogens with one attached hydrogen (secondary N) is 2. The summed E-state index contributed by atoms with van der Waals surface area (Å²) in [5.74, 6) is -0.0360. The zero-order valence-corrected chi connectivity index (χ0v) is 10.5. The van der Waals surface area contributed by atoms with Crippen LogP contribution in [0, 0.1) is 0 Å². The van der Waals surface area contributed by atoms with Crippen molar-refractivity contribution in [2.24, 2.45) is 0 Å². The molecule has 0 aliphatic heterocycles. The number of esters is 1. The van der Waals surface area contributed by atoms with Crippen molar-refractivity contribution < 1.29 is 14.3 Å². The smallest absolute Gasteiger partial charge is 0.305 e. The van der Waals surface area contributed by atoms with Crippen molar-refractivity contribution in [1.82, 2.24) is 10.6 Å². The normalized spacial score (nSPS) is 14.4. The highest BCUT2D eigenvalue weighted by molar-refractivity contribution is 5.76. The van der Waals surface area contributed by atoms with E-state index >= 15 is 0 Å². The Kier molecular flexibility index (Phi) is 6.62. The van der Waals surface area contributed by atoms with Gasteiger partial charge in [0, 0.05) is 25.4 Å². The number of carbonyl (C=O) groups is 2. The van der Waals surface area contributed by atoms with Gasteiger partial charge in [0.2, 0.25) is 5.91 Å². The molecular weight excluding hydrogens is 220 g/mol. The molecule has 0 aromatic heterocycles. The van der Waals surface area contributed by atoms with Crippen LogP contribution in [0.2, 0.25) is 0 Å². The van der Waals surface area contributed by atoms with Crippen LogP contribution < -0.4 is 10.6 Å². The van der Waals surface area contributed by atoms with Crippen LogP contribution >= 0.6 is 0 Å². The summed E-state index contributed by atoms with van der Waals surface area (Å²) in [5.41, 5.74) is 0. The number of ether oxygens (including phenoxy) is 1. The molecule has 0 unspecified atom stereocenters. The highest BCUT2D eigenvalue weighted by Gasteiger charge is 2.22. The van der Waals surface area contributed by atoms with Crippen molar-refractivity contribution in [2.45, 2.75) is 45.1 Å². The minimum Gasteiger partial charge on any atom is -0.466 e. The third-order valence-corrected chi connectivity index (χ3v) is 2.51. The summed E-state index contributed by atoms with van der Waals surface area (Å²) < 4.78 is 4.81. The lowest BCUT2D eigenvalue weighted by Gasteiger charge is -2.05. The molecule has 0 heterocycles. The molecule has 1 amide bonds. The van der Waals surface area contributed by atoms with E-state index in [1.165, 1.54) is 0 Å². The van der Waals surface area contributed by atoms with E-state index in [1.807, 2.05) is 0 Å². The number of hydrogen-bond acceptors (Lipinski definition) is 4. The molecule has 1 rings (SSSR count). The fourth-order valence-corrected chi connectivity index (χ4v) is 1.45. The van der Waals surface area contributed by atoms with E-state index in [1.54, 1.807) is 6.92 Å².